The number of benzene rings is 2. The van der Waals surface area contributed by atoms with Crippen molar-refractivity contribution in [3.05, 3.63) is 59.1 Å². The van der Waals surface area contributed by atoms with Crippen LogP contribution in [0.2, 0.25) is 0 Å². The molecule has 0 saturated heterocycles. The maximum Gasteiger partial charge on any atom is 0.143 e. The Morgan fingerprint density at radius 2 is 2.00 bits per heavy atom. The lowest BCUT2D eigenvalue weighted by Crippen LogP contribution is -2.02. The van der Waals surface area contributed by atoms with E-state index >= 15 is 0 Å². The molecule has 0 amide bonds. The standard InChI is InChI=1S/C16H9BN2OS/c17-11-5-3-4-10(8-11)15(20)12(9-18)16-19-13-6-1-2-7-14(13)21-16/h1-8,20H/b15-12-. The molecule has 0 aliphatic carbocycles. The van der Waals surface area contributed by atoms with Gasteiger partial charge in [0.2, 0.25) is 0 Å². The molecule has 3 rings (SSSR count). The number of hydrogen-bond donors (Lipinski definition) is 1. The van der Waals surface area contributed by atoms with Crippen LogP contribution in [0.25, 0.3) is 21.5 Å². The third kappa shape index (κ3) is 2.54. The first kappa shape index (κ1) is 13.4. The van der Waals surface area contributed by atoms with Gasteiger partial charge >= 0.3 is 0 Å². The number of aromatic nitrogens is 1. The molecule has 0 aliphatic heterocycles. The molecule has 3 nitrogen and oxygen atoms in total. The summed E-state index contributed by atoms with van der Waals surface area (Å²) in [6, 6.07) is 16.4. The van der Waals surface area contributed by atoms with Gasteiger partial charge in [-0.25, -0.2) is 4.98 Å². The summed E-state index contributed by atoms with van der Waals surface area (Å²) in [4.78, 5) is 4.40. The van der Waals surface area contributed by atoms with Crippen LogP contribution in [0, 0.1) is 11.3 Å². The second-order valence-corrected chi connectivity index (χ2v) is 5.48. The van der Waals surface area contributed by atoms with E-state index in [1.54, 1.807) is 24.3 Å². The molecule has 1 aromatic heterocycles. The van der Waals surface area contributed by atoms with Gasteiger partial charge in [0.15, 0.2) is 0 Å². The summed E-state index contributed by atoms with van der Waals surface area (Å²) in [7, 11) is 5.71. The fourth-order valence-corrected chi connectivity index (χ4v) is 2.97. The van der Waals surface area contributed by atoms with E-state index in [0.29, 0.717) is 16.0 Å². The van der Waals surface area contributed by atoms with E-state index in [1.807, 2.05) is 30.3 Å². The molecule has 2 aromatic carbocycles. The lowest BCUT2D eigenvalue weighted by molar-refractivity contribution is 0.514. The highest BCUT2D eigenvalue weighted by Crippen LogP contribution is 2.30. The van der Waals surface area contributed by atoms with E-state index in [0.717, 1.165) is 10.2 Å². The van der Waals surface area contributed by atoms with Crippen molar-refractivity contribution in [3.63, 3.8) is 0 Å². The van der Waals surface area contributed by atoms with Crippen molar-refractivity contribution >= 4 is 46.2 Å². The molecule has 0 spiro atoms. The predicted octanol–water partition coefficient (Wildman–Crippen LogP) is 3.04. The van der Waals surface area contributed by atoms with Crippen LogP contribution in [0.15, 0.2) is 48.5 Å². The Bertz CT molecular complexity index is 859. The Hall–Kier alpha value is -2.58. The summed E-state index contributed by atoms with van der Waals surface area (Å²) in [5, 5.41) is 20.2. The highest BCUT2D eigenvalue weighted by molar-refractivity contribution is 7.19. The van der Waals surface area contributed by atoms with Crippen molar-refractivity contribution in [1.82, 2.24) is 4.98 Å². The Balaban J connectivity index is 2.17. The Kier molecular flexibility index (Phi) is 3.47. The van der Waals surface area contributed by atoms with Gasteiger partial charge in [-0.2, -0.15) is 5.26 Å². The van der Waals surface area contributed by atoms with Crippen LogP contribution in [0.5, 0.6) is 0 Å². The van der Waals surface area contributed by atoms with Gasteiger partial charge in [0, 0.05) is 5.56 Å². The largest absolute Gasteiger partial charge is 0.506 e. The van der Waals surface area contributed by atoms with Gasteiger partial charge < -0.3 is 5.11 Å². The summed E-state index contributed by atoms with van der Waals surface area (Å²) < 4.78 is 0.973. The van der Waals surface area contributed by atoms with Crippen LogP contribution in [0.1, 0.15) is 10.6 Å². The van der Waals surface area contributed by atoms with Crippen molar-refractivity contribution in [1.29, 1.82) is 5.26 Å². The van der Waals surface area contributed by atoms with Gasteiger partial charge in [-0.15, -0.1) is 11.3 Å². The van der Waals surface area contributed by atoms with Crippen molar-refractivity contribution in [2.45, 2.75) is 0 Å². The number of para-hydroxylation sites is 1. The maximum absolute atomic E-state index is 10.4. The molecular weight excluding hydrogens is 279 g/mol. The minimum atomic E-state index is -0.108. The molecule has 3 aromatic rings. The van der Waals surface area contributed by atoms with Crippen LogP contribution in [-0.2, 0) is 0 Å². The Morgan fingerprint density at radius 3 is 2.71 bits per heavy atom. The quantitative estimate of drug-likeness (QED) is 0.448. The molecule has 98 valence electrons. The summed E-state index contributed by atoms with van der Waals surface area (Å²) in [5.74, 6) is -0.108. The van der Waals surface area contributed by atoms with Crippen molar-refractivity contribution in [2.75, 3.05) is 0 Å². The van der Waals surface area contributed by atoms with Gasteiger partial charge in [-0.05, 0) is 12.1 Å². The van der Waals surface area contributed by atoms with E-state index in [-0.39, 0.29) is 11.3 Å². The van der Waals surface area contributed by atoms with E-state index in [4.69, 9.17) is 7.85 Å². The molecule has 1 heterocycles. The number of allylic oxidation sites excluding steroid dienone is 1. The Morgan fingerprint density at radius 1 is 1.19 bits per heavy atom. The monoisotopic (exact) mass is 288 g/mol. The summed E-state index contributed by atoms with van der Waals surface area (Å²) in [6.45, 7) is 0. The van der Waals surface area contributed by atoms with Crippen LogP contribution in [-0.4, -0.2) is 17.9 Å². The zero-order valence-electron chi connectivity index (χ0n) is 10.9. The number of nitriles is 1. The average Bonchev–Trinajstić information content (AvgIpc) is 2.91. The van der Waals surface area contributed by atoms with E-state index in [1.165, 1.54) is 11.3 Å². The van der Waals surface area contributed by atoms with Crippen LogP contribution in [0.3, 0.4) is 0 Å². The highest BCUT2D eigenvalue weighted by atomic mass is 32.1. The number of aliphatic hydroxyl groups is 1. The van der Waals surface area contributed by atoms with Crippen LogP contribution >= 0.6 is 11.3 Å². The summed E-state index contributed by atoms with van der Waals surface area (Å²) in [6.07, 6.45) is 0. The normalized spacial score (nSPS) is 12.0. The van der Waals surface area contributed by atoms with Gasteiger partial charge in [-0.1, -0.05) is 41.9 Å². The Labute approximate surface area is 127 Å². The highest BCUT2D eigenvalue weighted by Gasteiger charge is 2.15. The van der Waals surface area contributed by atoms with E-state index in [2.05, 4.69) is 4.98 Å². The fourth-order valence-electron chi connectivity index (χ4n) is 2.01. The molecule has 0 unspecified atom stereocenters. The minimum absolute atomic E-state index is 0.108. The molecule has 1 N–H and O–H groups in total. The zero-order valence-corrected chi connectivity index (χ0v) is 11.8. The van der Waals surface area contributed by atoms with Crippen molar-refractivity contribution in [2.24, 2.45) is 0 Å². The topological polar surface area (TPSA) is 56.9 Å². The molecular formula is C16H9BN2OS. The first-order valence-corrected chi connectivity index (χ1v) is 7.06. The molecule has 0 aliphatic rings. The number of nitrogens with zero attached hydrogens (tertiary/aromatic N) is 2. The SMILES string of the molecule is [B]c1cccc(/C(O)=C(\C#N)c2nc3ccccc3s2)c1. The predicted molar refractivity (Wildman–Crippen MR) is 86.5 cm³/mol. The van der Waals surface area contributed by atoms with Gasteiger partial charge in [0.1, 0.15) is 30.3 Å². The second-order valence-electron chi connectivity index (χ2n) is 4.45. The van der Waals surface area contributed by atoms with Crippen molar-refractivity contribution in [3.8, 4) is 6.07 Å². The number of fused-ring (bicyclic) bond motifs is 1. The van der Waals surface area contributed by atoms with Gasteiger partial charge in [-0.3, -0.25) is 0 Å². The minimum Gasteiger partial charge on any atom is -0.506 e. The smallest absolute Gasteiger partial charge is 0.143 e. The summed E-state index contributed by atoms with van der Waals surface area (Å²) in [5.41, 5.74) is 2.00. The molecule has 0 fully saturated rings. The molecule has 0 saturated carbocycles. The maximum atomic E-state index is 10.4. The van der Waals surface area contributed by atoms with Crippen LogP contribution in [0.4, 0.5) is 0 Å². The zero-order chi connectivity index (χ0) is 14.8. The molecule has 2 radical (unpaired) electrons. The number of hydrogen-bond acceptors (Lipinski definition) is 4. The van der Waals surface area contributed by atoms with Crippen molar-refractivity contribution < 1.29 is 5.11 Å². The van der Waals surface area contributed by atoms with Gasteiger partial charge in [0.25, 0.3) is 0 Å². The van der Waals surface area contributed by atoms with E-state index in [9.17, 15) is 10.4 Å². The lowest BCUT2D eigenvalue weighted by Gasteiger charge is -2.03. The molecule has 0 bridgehead atoms. The van der Waals surface area contributed by atoms with E-state index < -0.39 is 0 Å². The third-order valence-corrected chi connectivity index (χ3v) is 4.07. The third-order valence-electron chi connectivity index (χ3n) is 3.02. The van der Waals surface area contributed by atoms with Gasteiger partial charge in [0.05, 0.1) is 10.2 Å². The first-order valence-electron chi connectivity index (χ1n) is 6.24. The molecule has 5 heteroatoms. The van der Waals surface area contributed by atoms with Crippen LogP contribution < -0.4 is 5.46 Å². The summed E-state index contributed by atoms with van der Waals surface area (Å²) >= 11 is 1.37. The number of rotatable bonds is 2. The first-order chi connectivity index (χ1) is 10.2. The number of thiazole rings is 1. The molecule has 0 atom stereocenters. The average molecular weight is 288 g/mol. The lowest BCUT2D eigenvalue weighted by atomic mass is 9.93. The second kappa shape index (κ2) is 5.43. The fraction of sp³-hybridized carbons (Fsp3) is 0. The number of aliphatic hydroxyl groups excluding tert-OH is 1. The molecule has 21 heavy (non-hydrogen) atoms.